The van der Waals surface area contributed by atoms with Crippen LogP contribution in [0.4, 0.5) is 0 Å². The molecule has 7 heteroatoms. The van der Waals surface area contributed by atoms with Gasteiger partial charge in [0.05, 0.1) is 6.04 Å². The van der Waals surface area contributed by atoms with Crippen molar-refractivity contribution in [3.05, 3.63) is 11.6 Å². The molecule has 2 amide bonds. The van der Waals surface area contributed by atoms with Crippen LogP contribution in [-0.4, -0.2) is 71.0 Å². The fraction of sp³-hybridized carbons (Fsp3) is 0.783. The second kappa shape index (κ2) is 12.7. The van der Waals surface area contributed by atoms with E-state index in [1.165, 1.54) is 17.9 Å². The number of carboxylic acid groups (broad SMARTS) is 1. The second-order valence-corrected chi connectivity index (χ2v) is 9.06. The third-order valence-corrected chi connectivity index (χ3v) is 5.29. The molecule has 0 aromatic rings. The monoisotopic (exact) mass is 425 g/mol. The van der Waals surface area contributed by atoms with Crippen LogP contribution in [0.5, 0.6) is 0 Å². The van der Waals surface area contributed by atoms with E-state index in [9.17, 15) is 14.4 Å². The van der Waals surface area contributed by atoms with Gasteiger partial charge in [0.1, 0.15) is 6.04 Å². The van der Waals surface area contributed by atoms with Gasteiger partial charge in [0, 0.05) is 25.2 Å². The molecule has 1 heterocycles. The second-order valence-electron chi connectivity index (χ2n) is 9.06. The lowest BCUT2D eigenvalue weighted by Gasteiger charge is -2.40. The van der Waals surface area contributed by atoms with E-state index in [-0.39, 0.29) is 36.0 Å². The minimum absolute atomic E-state index is 0.104. The van der Waals surface area contributed by atoms with Crippen LogP contribution in [-0.2, 0) is 14.4 Å². The van der Waals surface area contributed by atoms with Crippen molar-refractivity contribution in [3.8, 4) is 0 Å². The summed E-state index contributed by atoms with van der Waals surface area (Å²) in [6, 6.07) is -0.628. The molecule has 1 rings (SSSR count). The van der Waals surface area contributed by atoms with Gasteiger partial charge >= 0.3 is 5.97 Å². The summed E-state index contributed by atoms with van der Waals surface area (Å²) >= 11 is 0. The van der Waals surface area contributed by atoms with Crippen LogP contribution < -0.4 is 5.32 Å². The fourth-order valence-corrected chi connectivity index (χ4v) is 3.41. The molecule has 30 heavy (non-hydrogen) atoms. The standard InChI is InChI=1S/C21H37N3O4.C2H6/c1-14(2)24-12-9-8-10-16(24)18(25)22-17(21(4,5)6)19(26)23(7)13-11-15(3)20(27)28;1-2/h11,14,16-17H,8-10,12-13H2,1-7H3,(H,22,25)(H,27,28);1-2H3/b15-11+;. The van der Waals surface area contributed by atoms with Gasteiger partial charge in [-0.15, -0.1) is 0 Å². The first-order chi connectivity index (χ1) is 13.9. The van der Waals surface area contributed by atoms with Gasteiger partial charge in [-0.1, -0.05) is 47.1 Å². The number of carbonyl (C=O) groups is 3. The van der Waals surface area contributed by atoms with Crippen molar-refractivity contribution in [3.63, 3.8) is 0 Å². The Bertz CT molecular complexity index is 608. The van der Waals surface area contributed by atoms with Crippen LogP contribution >= 0.6 is 0 Å². The lowest BCUT2D eigenvalue weighted by atomic mass is 9.85. The summed E-state index contributed by atoms with van der Waals surface area (Å²) in [4.78, 5) is 40.7. The molecule has 2 unspecified atom stereocenters. The number of carboxylic acids is 1. The highest BCUT2D eigenvalue weighted by atomic mass is 16.4. The summed E-state index contributed by atoms with van der Waals surface area (Å²) in [5.41, 5.74) is -0.282. The topological polar surface area (TPSA) is 90.0 Å². The summed E-state index contributed by atoms with van der Waals surface area (Å²) in [6.07, 6.45) is 4.39. The zero-order valence-corrected chi connectivity index (χ0v) is 20.4. The molecular weight excluding hydrogens is 382 g/mol. The molecule has 0 aliphatic carbocycles. The molecule has 1 aliphatic heterocycles. The van der Waals surface area contributed by atoms with Crippen molar-refractivity contribution in [2.24, 2.45) is 5.41 Å². The van der Waals surface area contributed by atoms with Crippen LogP contribution in [0.25, 0.3) is 0 Å². The Hall–Kier alpha value is -1.89. The predicted octanol–water partition coefficient (Wildman–Crippen LogP) is 3.30. The zero-order valence-electron chi connectivity index (χ0n) is 20.4. The highest BCUT2D eigenvalue weighted by Gasteiger charge is 2.38. The van der Waals surface area contributed by atoms with Crippen LogP contribution in [0.15, 0.2) is 11.6 Å². The number of carbonyl (C=O) groups excluding carboxylic acids is 2. The fourth-order valence-electron chi connectivity index (χ4n) is 3.41. The Balaban J connectivity index is 0.00000407. The average Bonchev–Trinajstić information content (AvgIpc) is 2.69. The molecule has 0 aromatic heterocycles. The van der Waals surface area contributed by atoms with E-state index in [0.717, 1.165) is 25.8 Å². The van der Waals surface area contributed by atoms with Crippen LogP contribution in [0.2, 0.25) is 0 Å². The van der Waals surface area contributed by atoms with E-state index >= 15 is 0 Å². The number of nitrogens with one attached hydrogen (secondary N) is 1. The van der Waals surface area contributed by atoms with E-state index < -0.39 is 17.4 Å². The van der Waals surface area contributed by atoms with Crippen molar-refractivity contribution in [1.29, 1.82) is 0 Å². The van der Waals surface area contributed by atoms with Crippen molar-refractivity contribution < 1.29 is 19.5 Å². The normalized spacial score (nSPS) is 18.9. The zero-order chi connectivity index (χ0) is 23.6. The summed E-state index contributed by atoms with van der Waals surface area (Å²) in [5.74, 6) is -1.33. The predicted molar refractivity (Wildman–Crippen MR) is 121 cm³/mol. The first-order valence-electron chi connectivity index (χ1n) is 11.1. The lowest BCUT2D eigenvalue weighted by Crippen LogP contribution is -2.59. The molecule has 0 radical (unpaired) electrons. The van der Waals surface area contributed by atoms with Gasteiger partial charge in [-0.05, 0) is 45.6 Å². The molecule has 1 saturated heterocycles. The molecule has 0 saturated carbocycles. The number of aliphatic carboxylic acids is 1. The number of nitrogens with zero attached hydrogens (tertiary/aromatic N) is 2. The van der Waals surface area contributed by atoms with Gasteiger partial charge in [0.25, 0.3) is 0 Å². The Morgan fingerprint density at radius 1 is 1.20 bits per heavy atom. The van der Waals surface area contributed by atoms with Gasteiger partial charge in [-0.2, -0.15) is 0 Å². The number of likely N-dealkylation sites (tertiary alicyclic amines) is 1. The highest BCUT2D eigenvalue weighted by molar-refractivity contribution is 5.90. The SMILES string of the molecule is C/C(=C\CN(C)C(=O)C(NC(=O)C1CCCCN1C(C)C)C(C)(C)C)C(=O)O.CC. The van der Waals surface area contributed by atoms with Crippen LogP contribution in [0.1, 0.15) is 74.7 Å². The molecule has 2 atom stereocenters. The first-order valence-corrected chi connectivity index (χ1v) is 11.1. The largest absolute Gasteiger partial charge is 0.478 e. The van der Waals surface area contributed by atoms with Gasteiger partial charge in [0.15, 0.2) is 0 Å². The van der Waals surface area contributed by atoms with E-state index in [2.05, 4.69) is 24.1 Å². The Morgan fingerprint density at radius 3 is 2.23 bits per heavy atom. The molecule has 2 N–H and O–H groups in total. The third kappa shape index (κ3) is 8.46. The number of hydrogen-bond donors (Lipinski definition) is 2. The van der Waals surface area contributed by atoms with Gasteiger partial charge in [-0.25, -0.2) is 4.79 Å². The molecule has 0 spiro atoms. The smallest absolute Gasteiger partial charge is 0.331 e. The lowest BCUT2D eigenvalue weighted by molar-refractivity contribution is -0.140. The molecule has 0 aromatic carbocycles. The number of hydrogen-bond acceptors (Lipinski definition) is 4. The highest BCUT2D eigenvalue weighted by Crippen LogP contribution is 2.24. The summed E-state index contributed by atoms with van der Waals surface area (Å²) < 4.78 is 0. The maximum atomic E-state index is 13.0. The maximum Gasteiger partial charge on any atom is 0.331 e. The number of rotatable bonds is 7. The maximum absolute atomic E-state index is 13.0. The van der Waals surface area contributed by atoms with E-state index in [0.29, 0.717) is 0 Å². The van der Waals surface area contributed by atoms with Crippen LogP contribution in [0, 0.1) is 5.41 Å². The first kappa shape index (κ1) is 28.1. The molecule has 1 aliphatic rings. The Labute approximate surface area is 182 Å². The molecule has 7 nitrogen and oxygen atoms in total. The Morgan fingerprint density at radius 2 is 1.77 bits per heavy atom. The van der Waals surface area contributed by atoms with Gasteiger partial charge in [0.2, 0.25) is 11.8 Å². The molecule has 1 fully saturated rings. The number of amides is 2. The molecular formula is C23H43N3O4. The minimum Gasteiger partial charge on any atom is -0.478 e. The molecule has 0 bridgehead atoms. The van der Waals surface area contributed by atoms with Gasteiger partial charge in [-0.3, -0.25) is 14.5 Å². The summed E-state index contributed by atoms with van der Waals surface area (Å²) in [6.45, 7) is 16.5. The minimum atomic E-state index is -1.01. The average molecular weight is 426 g/mol. The van der Waals surface area contributed by atoms with Crippen molar-refractivity contribution in [2.75, 3.05) is 20.1 Å². The third-order valence-electron chi connectivity index (χ3n) is 5.29. The van der Waals surface area contributed by atoms with Crippen molar-refractivity contribution in [1.82, 2.24) is 15.1 Å². The Kier molecular flexibility index (Phi) is 11.9. The quantitative estimate of drug-likeness (QED) is 0.611. The van der Waals surface area contributed by atoms with Crippen molar-refractivity contribution >= 4 is 17.8 Å². The van der Waals surface area contributed by atoms with Gasteiger partial charge < -0.3 is 15.3 Å². The summed E-state index contributed by atoms with van der Waals surface area (Å²) in [7, 11) is 1.62. The van der Waals surface area contributed by atoms with E-state index in [1.807, 2.05) is 34.6 Å². The summed E-state index contributed by atoms with van der Waals surface area (Å²) in [5, 5.41) is 12.0. The van der Waals surface area contributed by atoms with E-state index in [4.69, 9.17) is 5.11 Å². The van der Waals surface area contributed by atoms with E-state index in [1.54, 1.807) is 7.05 Å². The molecule has 174 valence electrons. The number of piperidine rings is 1. The number of likely N-dealkylation sites (N-methyl/N-ethyl adjacent to an activating group) is 1. The van der Waals surface area contributed by atoms with Crippen LogP contribution in [0.3, 0.4) is 0 Å². The van der Waals surface area contributed by atoms with Crippen molar-refractivity contribution in [2.45, 2.75) is 92.8 Å².